The minimum Gasteiger partial charge on any atom is -0.468 e. The van der Waals surface area contributed by atoms with Gasteiger partial charge in [-0.25, -0.2) is 9.76 Å². The Bertz CT molecular complexity index is 771. The first-order valence-electron chi connectivity index (χ1n) is 10.2. The Morgan fingerprint density at radius 1 is 1.32 bits per heavy atom. The summed E-state index contributed by atoms with van der Waals surface area (Å²) in [6.07, 6.45) is 5.98. The number of benzene rings is 1. The first kappa shape index (κ1) is 21.8. The molecule has 7 heteroatoms. The van der Waals surface area contributed by atoms with Crippen LogP contribution in [0.5, 0.6) is 5.75 Å². The van der Waals surface area contributed by atoms with Gasteiger partial charge >= 0.3 is 5.97 Å². The number of hydrogen-bond acceptors (Lipinski definition) is 4. The van der Waals surface area contributed by atoms with Crippen LogP contribution in [0.3, 0.4) is 0 Å². The van der Waals surface area contributed by atoms with Crippen molar-refractivity contribution in [2.75, 3.05) is 7.11 Å². The molecule has 0 aromatic heterocycles. The lowest BCUT2D eigenvalue weighted by Gasteiger charge is -2.45. The van der Waals surface area contributed by atoms with E-state index < -0.39 is 12.6 Å². The summed E-state index contributed by atoms with van der Waals surface area (Å²) in [6.45, 7) is 6.64. The summed E-state index contributed by atoms with van der Waals surface area (Å²) < 4.78 is 13.7. The van der Waals surface area contributed by atoms with Crippen molar-refractivity contribution in [2.45, 2.75) is 83.8 Å². The number of nitrogens with zero attached hydrogens (tertiary/aromatic N) is 1. The lowest BCUT2D eigenvalue weighted by molar-refractivity contribution is -0.142. The van der Waals surface area contributed by atoms with Gasteiger partial charge in [-0.05, 0) is 48.6 Å². The van der Waals surface area contributed by atoms with Crippen LogP contribution >= 0.6 is 6.57 Å². The summed E-state index contributed by atoms with van der Waals surface area (Å²) in [4.78, 5) is 12.0. The Labute approximate surface area is 174 Å². The second-order valence-corrected chi connectivity index (χ2v) is 12.4. The van der Waals surface area contributed by atoms with Crippen LogP contribution in [0, 0.1) is 0 Å². The van der Waals surface area contributed by atoms with Crippen LogP contribution < -0.4 is 9.61 Å². The van der Waals surface area contributed by atoms with Crippen LogP contribution in [0.15, 0.2) is 18.2 Å². The first-order chi connectivity index (χ1) is 13.1. The quantitative estimate of drug-likeness (QED) is 0.549. The molecule has 0 radical (unpaired) electrons. The lowest BCUT2D eigenvalue weighted by atomic mass is 9.86. The third kappa shape index (κ3) is 4.62. The maximum Gasteiger partial charge on any atom is 0.323 e. The molecule has 1 aromatic carbocycles. The van der Waals surface area contributed by atoms with Crippen molar-refractivity contribution in [3.63, 3.8) is 0 Å². The Kier molecular flexibility index (Phi) is 6.55. The fourth-order valence-corrected chi connectivity index (χ4v) is 7.64. The molecule has 0 bridgehead atoms. The summed E-state index contributed by atoms with van der Waals surface area (Å²) in [6, 6.07) is 6.31. The van der Waals surface area contributed by atoms with Crippen LogP contribution in [0.4, 0.5) is 0 Å². The van der Waals surface area contributed by atoms with Gasteiger partial charge in [0.2, 0.25) is 0 Å². The molecule has 3 rings (SSSR count). The highest BCUT2D eigenvalue weighted by Gasteiger charge is 2.41. The molecule has 1 fully saturated rings. The number of esters is 1. The van der Waals surface area contributed by atoms with E-state index in [1.807, 2.05) is 6.07 Å². The van der Waals surface area contributed by atoms with Crippen LogP contribution in [0.1, 0.15) is 70.9 Å². The molecule has 1 aliphatic carbocycles. The number of methoxy groups -OCH3 is 1. The van der Waals surface area contributed by atoms with E-state index in [1.54, 1.807) is 6.92 Å². The van der Waals surface area contributed by atoms with Crippen molar-refractivity contribution >= 4 is 24.3 Å². The largest absolute Gasteiger partial charge is 0.468 e. The Morgan fingerprint density at radius 3 is 2.61 bits per heavy atom. The fourth-order valence-electron chi connectivity index (χ4n) is 4.01. The summed E-state index contributed by atoms with van der Waals surface area (Å²) in [5.41, 5.74) is 2.57. The molecule has 1 saturated carbocycles. The van der Waals surface area contributed by atoms with Gasteiger partial charge in [0.1, 0.15) is 11.8 Å². The molecule has 1 N–H and O–H groups in total. The smallest absolute Gasteiger partial charge is 0.323 e. The summed E-state index contributed by atoms with van der Waals surface area (Å²) in [5.74, 6) is 0.526. The van der Waals surface area contributed by atoms with Crippen LogP contribution in [0.25, 0.3) is 0 Å². The topological polar surface area (TPSA) is 50.8 Å². The van der Waals surface area contributed by atoms with E-state index in [0.29, 0.717) is 6.04 Å². The van der Waals surface area contributed by atoms with E-state index in [1.165, 1.54) is 37.5 Å². The van der Waals surface area contributed by atoms with Gasteiger partial charge in [0.05, 0.1) is 7.11 Å². The normalized spacial score (nSPS) is 24.9. The minimum absolute atomic E-state index is 0.0833. The molecule has 1 heterocycles. The van der Waals surface area contributed by atoms with Gasteiger partial charge in [-0.1, -0.05) is 52.2 Å². The number of carbonyl (C=O) groups excluding carboxylic acids is 1. The number of carbonyl (C=O) groups is 1. The highest BCUT2D eigenvalue weighted by molar-refractivity contribution is 8.10. The molecule has 2 aliphatic rings. The average Bonchev–Trinajstić information content (AvgIpc) is 2.66. The fraction of sp³-hybridized carbons (Fsp3) is 0.667. The molecular formula is C21H33N2O3PS. The number of rotatable bonds is 4. The van der Waals surface area contributed by atoms with Crippen molar-refractivity contribution in [2.24, 2.45) is 0 Å². The van der Waals surface area contributed by atoms with Gasteiger partial charge in [-0.15, -0.1) is 0 Å². The molecular weight excluding hydrogens is 391 g/mol. The second kappa shape index (κ2) is 8.43. The summed E-state index contributed by atoms with van der Waals surface area (Å²) in [7, 11) is 1.40. The molecule has 1 aromatic rings. The summed E-state index contributed by atoms with van der Waals surface area (Å²) >= 11 is 6.08. The van der Waals surface area contributed by atoms with Crippen molar-refractivity contribution in [3.05, 3.63) is 29.3 Å². The zero-order valence-electron chi connectivity index (χ0n) is 17.7. The molecule has 5 nitrogen and oxygen atoms in total. The van der Waals surface area contributed by atoms with Crippen LogP contribution in [0.2, 0.25) is 0 Å². The monoisotopic (exact) mass is 424 g/mol. The van der Waals surface area contributed by atoms with Gasteiger partial charge in [-0.2, -0.15) is 0 Å². The number of ether oxygens (including phenoxy) is 1. The highest BCUT2D eigenvalue weighted by Crippen LogP contribution is 2.56. The van der Waals surface area contributed by atoms with E-state index in [9.17, 15) is 4.79 Å². The Hall–Kier alpha value is -0.940. The van der Waals surface area contributed by atoms with Gasteiger partial charge in [0, 0.05) is 18.2 Å². The number of hydrogen-bond donors (Lipinski definition) is 1. The highest BCUT2D eigenvalue weighted by atomic mass is 32.5. The van der Waals surface area contributed by atoms with Gasteiger partial charge in [0.15, 0.2) is 0 Å². The third-order valence-corrected chi connectivity index (χ3v) is 9.20. The second-order valence-electron chi connectivity index (χ2n) is 8.95. The number of fused-ring (bicyclic) bond motifs is 1. The van der Waals surface area contributed by atoms with Crippen molar-refractivity contribution < 1.29 is 14.1 Å². The minimum atomic E-state index is -2.59. The van der Waals surface area contributed by atoms with Crippen LogP contribution in [-0.4, -0.2) is 29.8 Å². The standard InChI is InChI=1S/C21H33N2O3PS/c1-15(20(24)25-5)22-27(28)23(18-9-7-6-8-10-18)14-16-13-17(21(2,3)4)11-12-19(16)26-27/h11-13,15,18H,6-10,14H2,1-5H3,(H,22,28). The molecule has 0 amide bonds. The zero-order chi connectivity index (χ0) is 20.5. The van der Waals surface area contributed by atoms with Crippen LogP contribution in [-0.2, 0) is 33.3 Å². The van der Waals surface area contributed by atoms with E-state index in [0.717, 1.165) is 25.1 Å². The molecule has 2 atom stereocenters. The van der Waals surface area contributed by atoms with E-state index in [-0.39, 0.29) is 11.4 Å². The third-order valence-electron chi connectivity index (χ3n) is 5.73. The molecule has 0 spiro atoms. The molecule has 2 unspecified atom stereocenters. The molecule has 0 saturated heterocycles. The Balaban J connectivity index is 1.95. The van der Waals surface area contributed by atoms with Gasteiger partial charge < -0.3 is 9.26 Å². The average molecular weight is 425 g/mol. The van der Waals surface area contributed by atoms with E-state index in [2.05, 4.69) is 42.7 Å². The zero-order valence-corrected chi connectivity index (χ0v) is 19.4. The van der Waals surface area contributed by atoms with Gasteiger partial charge in [0.25, 0.3) is 6.57 Å². The Morgan fingerprint density at radius 2 is 2.00 bits per heavy atom. The van der Waals surface area contributed by atoms with Crippen molar-refractivity contribution in [3.8, 4) is 5.75 Å². The van der Waals surface area contributed by atoms with E-state index >= 15 is 0 Å². The number of nitrogens with one attached hydrogen (secondary N) is 1. The molecule has 1 aliphatic heterocycles. The van der Waals surface area contributed by atoms with E-state index in [4.69, 9.17) is 21.1 Å². The van der Waals surface area contributed by atoms with Crippen molar-refractivity contribution in [1.82, 2.24) is 9.76 Å². The molecule has 156 valence electrons. The predicted octanol–water partition coefficient (Wildman–Crippen LogP) is 4.89. The predicted molar refractivity (Wildman–Crippen MR) is 117 cm³/mol. The molecule has 28 heavy (non-hydrogen) atoms. The lowest BCUT2D eigenvalue weighted by Crippen LogP contribution is -2.45. The maximum absolute atomic E-state index is 12.0. The first-order valence-corrected chi connectivity index (χ1v) is 12.9. The van der Waals surface area contributed by atoms with Crippen molar-refractivity contribution in [1.29, 1.82) is 0 Å². The SMILES string of the molecule is COC(=O)C(C)NP1(=S)Oc2ccc(C(C)(C)C)cc2CN1C1CCCCC1. The maximum atomic E-state index is 12.0. The summed E-state index contributed by atoms with van der Waals surface area (Å²) in [5, 5.41) is 3.33. The van der Waals surface area contributed by atoms with Gasteiger partial charge in [-0.3, -0.25) is 4.79 Å².